The average Bonchev–Trinajstić information content (AvgIpc) is 2.55. The number of carbonyl (C=O) groups is 2. The summed E-state index contributed by atoms with van der Waals surface area (Å²) in [5.74, 6) is -1.19. The molecule has 2 amide bonds. The van der Waals surface area contributed by atoms with Crippen molar-refractivity contribution in [2.45, 2.75) is 6.42 Å². The van der Waals surface area contributed by atoms with Gasteiger partial charge in [-0.25, -0.2) is 4.39 Å². The number of carbonyl (C=O) groups excluding carboxylic acids is 2. The summed E-state index contributed by atoms with van der Waals surface area (Å²) in [6.45, 7) is 0.202. The third kappa shape index (κ3) is 6.03. The zero-order valence-corrected chi connectivity index (χ0v) is 15.5. The molecule has 0 atom stereocenters. The fourth-order valence-electron chi connectivity index (χ4n) is 2.15. The molecule has 0 unspecified atom stereocenters. The predicted octanol–water partition coefficient (Wildman–Crippen LogP) is 3.56. The number of anilines is 2. The van der Waals surface area contributed by atoms with Crippen LogP contribution in [0.3, 0.4) is 0 Å². The fourth-order valence-corrected chi connectivity index (χ4v) is 2.87. The van der Waals surface area contributed by atoms with Crippen molar-refractivity contribution in [3.63, 3.8) is 0 Å². The minimum atomic E-state index is -0.483. The summed E-state index contributed by atoms with van der Waals surface area (Å²) in [5, 5.41) is 3.11. The standard InChI is InChI=1S/C17H16BrClFN3O2/c18-11-1-6-15(14(19)9-11)22-17(25)10-23(8-7-16(21)24)13-4-2-12(20)3-5-13/h1-6,9H,7-8,10H2,(H2,21,24)(H,22,25). The van der Waals surface area contributed by atoms with E-state index in [0.717, 1.165) is 4.47 Å². The van der Waals surface area contributed by atoms with E-state index in [9.17, 15) is 14.0 Å². The van der Waals surface area contributed by atoms with Crippen molar-refractivity contribution in [3.05, 3.63) is 57.8 Å². The van der Waals surface area contributed by atoms with E-state index < -0.39 is 5.91 Å². The van der Waals surface area contributed by atoms with Gasteiger partial charge in [-0.1, -0.05) is 27.5 Å². The summed E-state index contributed by atoms with van der Waals surface area (Å²) in [4.78, 5) is 25.0. The summed E-state index contributed by atoms with van der Waals surface area (Å²) in [7, 11) is 0. The Hall–Kier alpha value is -2.12. The molecule has 2 rings (SSSR count). The molecule has 0 aliphatic heterocycles. The zero-order chi connectivity index (χ0) is 18.4. The van der Waals surface area contributed by atoms with Gasteiger partial charge < -0.3 is 16.0 Å². The monoisotopic (exact) mass is 427 g/mol. The van der Waals surface area contributed by atoms with Gasteiger partial charge in [0, 0.05) is 23.1 Å². The molecular weight excluding hydrogens is 413 g/mol. The van der Waals surface area contributed by atoms with Gasteiger partial charge in [-0.15, -0.1) is 0 Å². The van der Waals surface area contributed by atoms with Gasteiger partial charge >= 0.3 is 0 Å². The molecule has 2 aromatic rings. The first kappa shape index (κ1) is 19.2. The first-order chi connectivity index (χ1) is 11.8. The SMILES string of the molecule is NC(=O)CCN(CC(=O)Nc1ccc(Br)cc1Cl)c1ccc(F)cc1. The summed E-state index contributed by atoms with van der Waals surface area (Å²) in [6.07, 6.45) is 0.0731. The lowest BCUT2D eigenvalue weighted by atomic mass is 10.2. The third-order valence-electron chi connectivity index (χ3n) is 3.36. The summed E-state index contributed by atoms with van der Waals surface area (Å²) in [5.41, 5.74) is 6.27. The summed E-state index contributed by atoms with van der Waals surface area (Å²) >= 11 is 9.38. The zero-order valence-electron chi connectivity index (χ0n) is 13.1. The van der Waals surface area contributed by atoms with Gasteiger partial charge in [-0.2, -0.15) is 0 Å². The van der Waals surface area contributed by atoms with Crippen LogP contribution in [-0.4, -0.2) is 24.9 Å². The lowest BCUT2D eigenvalue weighted by Crippen LogP contribution is -2.35. The minimum Gasteiger partial charge on any atom is -0.370 e. The largest absolute Gasteiger partial charge is 0.370 e. The third-order valence-corrected chi connectivity index (χ3v) is 4.17. The molecule has 0 saturated heterocycles. The van der Waals surface area contributed by atoms with E-state index in [1.54, 1.807) is 23.1 Å². The fraction of sp³-hybridized carbons (Fsp3) is 0.176. The van der Waals surface area contributed by atoms with Gasteiger partial charge in [-0.3, -0.25) is 9.59 Å². The Morgan fingerprint density at radius 2 is 1.88 bits per heavy atom. The Labute approximate surface area is 158 Å². The smallest absolute Gasteiger partial charge is 0.243 e. The predicted molar refractivity (Wildman–Crippen MR) is 100 cm³/mol. The molecule has 0 radical (unpaired) electrons. The number of primary amides is 1. The lowest BCUT2D eigenvalue weighted by Gasteiger charge is -2.24. The average molecular weight is 429 g/mol. The first-order valence-corrected chi connectivity index (χ1v) is 8.56. The number of benzene rings is 2. The van der Waals surface area contributed by atoms with E-state index in [0.29, 0.717) is 16.4 Å². The Kier molecular flexibility index (Phi) is 6.78. The van der Waals surface area contributed by atoms with Crippen LogP contribution in [0.25, 0.3) is 0 Å². The highest BCUT2D eigenvalue weighted by atomic mass is 79.9. The maximum absolute atomic E-state index is 13.1. The molecule has 2 aromatic carbocycles. The Bertz CT molecular complexity index is 771. The van der Waals surface area contributed by atoms with Crippen LogP contribution in [0.4, 0.5) is 15.8 Å². The van der Waals surface area contributed by atoms with Crippen LogP contribution in [0.5, 0.6) is 0 Å². The second-order valence-electron chi connectivity index (χ2n) is 5.29. The Morgan fingerprint density at radius 3 is 2.48 bits per heavy atom. The van der Waals surface area contributed by atoms with Crippen molar-refractivity contribution in [3.8, 4) is 0 Å². The van der Waals surface area contributed by atoms with Crippen LogP contribution in [0.1, 0.15) is 6.42 Å². The quantitative estimate of drug-likeness (QED) is 0.708. The number of nitrogens with two attached hydrogens (primary N) is 1. The summed E-state index contributed by atoms with van der Waals surface area (Å²) in [6, 6.07) is 10.8. The second kappa shape index (κ2) is 8.82. The van der Waals surface area contributed by atoms with Crippen molar-refractivity contribution in [1.29, 1.82) is 0 Å². The van der Waals surface area contributed by atoms with E-state index in [2.05, 4.69) is 21.2 Å². The molecule has 0 fully saturated rings. The highest BCUT2D eigenvalue weighted by Gasteiger charge is 2.14. The van der Waals surface area contributed by atoms with Crippen molar-refractivity contribution in [2.75, 3.05) is 23.3 Å². The first-order valence-electron chi connectivity index (χ1n) is 7.39. The molecule has 0 aliphatic rings. The maximum Gasteiger partial charge on any atom is 0.243 e. The molecule has 25 heavy (non-hydrogen) atoms. The van der Waals surface area contributed by atoms with E-state index in [1.807, 2.05) is 0 Å². The van der Waals surface area contributed by atoms with Gasteiger partial charge in [0.25, 0.3) is 0 Å². The van der Waals surface area contributed by atoms with E-state index >= 15 is 0 Å². The number of amides is 2. The van der Waals surface area contributed by atoms with Crippen molar-refractivity contribution >= 4 is 50.7 Å². The Morgan fingerprint density at radius 1 is 1.20 bits per heavy atom. The van der Waals surface area contributed by atoms with E-state index in [4.69, 9.17) is 17.3 Å². The molecule has 0 saturated carbocycles. The highest BCUT2D eigenvalue weighted by molar-refractivity contribution is 9.10. The molecule has 0 aliphatic carbocycles. The molecule has 132 valence electrons. The van der Waals surface area contributed by atoms with Crippen molar-refractivity contribution in [2.24, 2.45) is 5.73 Å². The van der Waals surface area contributed by atoms with E-state index in [1.165, 1.54) is 24.3 Å². The van der Waals surface area contributed by atoms with Crippen LogP contribution >= 0.6 is 27.5 Å². The number of nitrogens with zero attached hydrogens (tertiary/aromatic N) is 1. The Balaban J connectivity index is 2.10. The molecule has 8 heteroatoms. The maximum atomic E-state index is 13.1. The van der Waals surface area contributed by atoms with Crippen LogP contribution in [0, 0.1) is 5.82 Å². The number of rotatable bonds is 7. The van der Waals surface area contributed by atoms with Crippen LogP contribution in [0.15, 0.2) is 46.9 Å². The molecular formula is C17H16BrClFN3O2. The van der Waals surface area contributed by atoms with Crippen molar-refractivity contribution < 1.29 is 14.0 Å². The number of hydrogen-bond acceptors (Lipinski definition) is 3. The molecule has 0 bridgehead atoms. The van der Waals surface area contributed by atoms with Crippen LogP contribution in [0.2, 0.25) is 5.02 Å². The van der Waals surface area contributed by atoms with Crippen LogP contribution < -0.4 is 16.0 Å². The molecule has 3 N–H and O–H groups in total. The van der Waals surface area contributed by atoms with Crippen LogP contribution in [-0.2, 0) is 9.59 Å². The normalized spacial score (nSPS) is 10.4. The number of halogens is 3. The van der Waals surface area contributed by atoms with Gasteiger partial charge in [0.1, 0.15) is 5.82 Å². The summed E-state index contributed by atoms with van der Waals surface area (Å²) < 4.78 is 13.9. The molecule has 0 aromatic heterocycles. The molecule has 0 heterocycles. The van der Waals surface area contributed by atoms with Gasteiger partial charge in [0.15, 0.2) is 0 Å². The second-order valence-corrected chi connectivity index (χ2v) is 6.61. The van der Waals surface area contributed by atoms with Gasteiger partial charge in [0.2, 0.25) is 11.8 Å². The number of hydrogen-bond donors (Lipinski definition) is 2. The molecule has 5 nitrogen and oxygen atoms in total. The van der Waals surface area contributed by atoms with E-state index in [-0.39, 0.29) is 31.2 Å². The minimum absolute atomic E-state index is 0.0364. The van der Waals surface area contributed by atoms with Crippen molar-refractivity contribution in [1.82, 2.24) is 0 Å². The van der Waals surface area contributed by atoms with Gasteiger partial charge in [0.05, 0.1) is 17.3 Å². The van der Waals surface area contributed by atoms with Gasteiger partial charge in [-0.05, 0) is 42.5 Å². The highest BCUT2D eigenvalue weighted by Crippen LogP contribution is 2.25. The number of nitrogens with one attached hydrogen (secondary N) is 1. The topological polar surface area (TPSA) is 75.4 Å². The molecule has 0 spiro atoms. The lowest BCUT2D eigenvalue weighted by molar-refractivity contribution is -0.118.